The molecular formula is C23H23FN2O3S2. The summed E-state index contributed by atoms with van der Waals surface area (Å²) in [6.07, 6.45) is 0. The molecule has 0 atom stereocenters. The van der Waals surface area contributed by atoms with Gasteiger partial charge < -0.3 is 5.32 Å². The van der Waals surface area contributed by atoms with E-state index in [1.54, 1.807) is 30.0 Å². The zero-order chi connectivity index (χ0) is 22.3. The number of aryl methyl sites for hydroxylation is 1. The Hall–Kier alpha value is -2.84. The summed E-state index contributed by atoms with van der Waals surface area (Å²) in [4.78, 5) is 13.7. The summed E-state index contributed by atoms with van der Waals surface area (Å²) in [5.41, 5.74) is 1.40. The lowest BCUT2D eigenvalue weighted by atomic mass is 10.2. The number of carbonyl (C=O) groups is 1. The van der Waals surface area contributed by atoms with Crippen molar-refractivity contribution in [1.29, 1.82) is 0 Å². The number of nitrogens with one attached hydrogen (secondary N) is 1. The number of amides is 1. The number of carbonyl (C=O) groups excluding carboxylic acids is 1. The zero-order valence-corrected chi connectivity index (χ0v) is 18.6. The number of halogens is 1. The Balaban J connectivity index is 1.67. The van der Waals surface area contributed by atoms with Crippen LogP contribution >= 0.6 is 11.8 Å². The van der Waals surface area contributed by atoms with Gasteiger partial charge in [-0.05, 0) is 55.5 Å². The highest BCUT2D eigenvalue weighted by Crippen LogP contribution is 2.24. The number of benzene rings is 3. The van der Waals surface area contributed by atoms with Gasteiger partial charge in [-0.2, -0.15) is 0 Å². The molecular weight excluding hydrogens is 435 g/mol. The molecule has 0 bridgehead atoms. The van der Waals surface area contributed by atoms with Crippen molar-refractivity contribution in [2.45, 2.75) is 16.7 Å². The van der Waals surface area contributed by atoms with E-state index in [1.165, 1.54) is 42.0 Å². The van der Waals surface area contributed by atoms with Crippen LogP contribution in [0, 0.1) is 12.7 Å². The average molecular weight is 459 g/mol. The summed E-state index contributed by atoms with van der Waals surface area (Å²) >= 11 is 1.60. The molecule has 162 valence electrons. The Morgan fingerprint density at radius 3 is 2.26 bits per heavy atom. The third-order valence-corrected chi connectivity index (χ3v) is 7.25. The van der Waals surface area contributed by atoms with Crippen molar-refractivity contribution in [1.82, 2.24) is 5.32 Å². The highest BCUT2D eigenvalue weighted by Gasteiger charge is 2.27. The van der Waals surface area contributed by atoms with Crippen molar-refractivity contribution in [2.24, 2.45) is 0 Å². The van der Waals surface area contributed by atoms with Gasteiger partial charge in [-0.25, -0.2) is 12.8 Å². The minimum Gasteiger partial charge on any atom is -0.354 e. The molecule has 1 N–H and O–H groups in total. The van der Waals surface area contributed by atoms with Crippen LogP contribution < -0.4 is 9.62 Å². The second-order valence-corrected chi connectivity index (χ2v) is 9.84. The Morgan fingerprint density at radius 1 is 0.968 bits per heavy atom. The molecule has 0 aliphatic rings. The van der Waals surface area contributed by atoms with Gasteiger partial charge in [-0.15, -0.1) is 11.8 Å². The fourth-order valence-corrected chi connectivity index (χ4v) is 5.03. The Bertz CT molecular complexity index is 1100. The first kappa shape index (κ1) is 22.8. The summed E-state index contributed by atoms with van der Waals surface area (Å²) in [5, 5.41) is 2.76. The van der Waals surface area contributed by atoms with E-state index >= 15 is 0 Å². The topological polar surface area (TPSA) is 66.5 Å². The number of anilines is 1. The molecule has 0 radical (unpaired) electrons. The minimum atomic E-state index is -3.99. The van der Waals surface area contributed by atoms with Gasteiger partial charge in [-0.3, -0.25) is 9.10 Å². The van der Waals surface area contributed by atoms with Gasteiger partial charge in [0, 0.05) is 17.2 Å². The third-order valence-electron chi connectivity index (χ3n) is 4.45. The van der Waals surface area contributed by atoms with E-state index in [9.17, 15) is 17.6 Å². The van der Waals surface area contributed by atoms with Gasteiger partial charge in [0.2, 0.25) is 5.91 Å². The number of rotatable bonds is 9. The lowest BCUT2D eigenvalue weighted by Crippen LogP contribution is -2.41. The first-order valence-corrected chi connectivity index (χ1v) is 12.1. The van der Waals surface area contributed by atoms with Crippen LogP contribution in [0.1, 0.15) is 5.56 Å². The zero-order valence-electron chi connectivity index (χ0n) is 17.0. The standard InChI is InChI=1S/C23H23FN2O3S2/c1-18-7-13-21(14-8-18)30-16-15-25-23(27)17-26(20-11-9-19(24)10-12-20)31(28,29)22-5-3-2-4-6-22/h2-14H,15-17H2,1H3,(H,25,27). The largest absolute Gasteiger partial charge is 0.354 e. The van der Waals surface area contributed by atoms with Crippen LogP contribution in [0.25, 0.3) is 0 Å². The maximum atomic E-state index is 13.4. The predicted molar refractivity (Wildman–Crippen MR) is 122 cm³/mol. The van der Waals surface area contributed by atoms with Crippen LogP contribution in [-0.4, -0.2) is 33.2 Å². The first-order valence-electron chi connectivity index (χ1n) is 9.66. The fourth-order valence-electron chi connectivity index (χ4n) is 2.82. The molecule has 1 amide bonds. The van der Waals surface area contributed by atoms with Gasteiger partial charge in [0.15, 0.2) is 0 Å². The molecule has 0 aromatic heterocycles. The van der Waals surface area contributed by atoms with Crippen molar-refractivity contribution in [3.63, 3.8) is 0 Å². The highest BCUT2D eigenvalue weighted by molar-refractivity contribution is 7.99. The van der Waals surface area contributed by atoms with Crippen molar-refractivity contribution >= 4 is 33.4 Å². The van der Waals surface area contributed by atoms with E-state index < -0.39 is 28.3 Å². The van der Waals surface area contributed by atoms with Gasteiger partial charge in [0.25, 0.3) is 10.0 Å². The Kier molecular flexibility index (Phi) is 7.70. The van der Waals surface area contributed by atoms with E-state index in [-0.39, 0.29) is 10.6 Å². The number of sulfonamides is 1. The number of hydrogen-bond acceptors (Lipinski definition) is 4. The minimum absolute atomic E-state index is 0.0575. The molecule has 0 spiro atoms. The highest BCUT2D eigenvalue weighted by atomic mass is 32.2. The third kappa shape index (κ3) is 6.32. The van der Waals surface area contributed by atoms with Crippen LogP contribution in [0.15, 0.2) is 88.7 Å². The van der Waals surface area contributed by atoms with E-state index in [2.05, 4.69) is 5.32 Å². The monoisotopic (exact) mass is 458 g/mol. The number of nitrogens with zero attached hydrogens (tertiary/aromatic N) is 1. The lowest BCUT2D eigenvalue weighted by Gasteiger charge is -2.24. The molecule has 0 saturated heterocycles. The molecule has 0 unspecified atom stereocenters. The van der Waals surface area contributed by atoms with Crippen molar-refractivity contribution in [3.05, 3.63) is 90.2 Å². The second-order valence-electron chi connectivity index (χ2n) is 6.81. The maximum absolute atomic E-state index is 13.4. The summed E-state index contributed by atoms with van der Waals surface area (Å²) in [7, 11) is -3.99. The van der Waals surface area contributed by atoms with E-state index in [0.29, 0.717) is 12.3 Å². The molecule has 0 aliphatic carbocycles. The van der Waals surface area contributed by atoms with Crippen LogP contribution in [-0.2, 0) is 14.8 Å². The van der Waals surface area contributed by atoms with Gasteiger partial charge in [-0.1, -0.05) is 35.9 Å². The smallest absolute Gasteiger partial charge is 0.264 e. The van der Waals surface area contributed by atoms with Crippen LogP contribution in [0.3, 0.4) is 0 Å². The predicted octanol–water partition coefficient (Wildman–Crippen LogP) is 4.24. The molecule has 31 heavy (non-hydrogen) atoms. The van der Waals surface area contributed by atoms with Crippen molar-refractivity contribution in [2.75, 3.05) is 23.1 Å². The average Bonchev–Trinajstić information content (AvgIpc) is 2.77. The summed E-state index contributed by atoms with van der Waals surface area (Å²) in [6, 6.07) is 20.9. The number of thioether (sulfide) groups is 1. The molecule has 5 nitrogen and oxygen atoms in total. The summed E-state index contributed by atoms with van der Waals surface area (Å²) < 4.78 is 40.6. The second kappa shape index (κ2) is 10.5. The molecule has 0 heterocycles. The van der Waals surface area contributed by atoms with Crippen molar-refractivity contribution in [3.8, 4) is 0 Å². The Labute approximate surface area is 186 Å². The van der Waals surface area contributed by atoms with E-state index in [4.69, 9.17) is 0 Å². The molecule has 0 aliphatic heterocycles. The molecule has 8 heteroatoms. The normalized spacial score (nSPS) is 11.2. The number of hydrogen-bond donors (Lipinski definition) is 1. The SMILES string of the molecule is Cc1ccc(SCCNC(=O)CN(c2ccc(F)cc2)S(=O)(=O)c2ccccc2)cc1. The molecule has 3 aromatic carbocycles. The molecule has 3 rings (SSSR count). The Morgan fingerprint density at radius 2 is 1.61 bits per heavy atom. The molecule has 3 aromatic rings. The van der Waals surface area contributed by atoms with Crippen molar-refractivity contribution < 1.29 is 17.6 Å². The van der Waals surface area contributed by atoms with Gasteiger partial charge in [0.05, 0.1) is 10.6 Å². The van der Waals surface area contributed by atoms with E-state index in [0.717, 1.165) is 9.20 Å². The molecule has 0 saturated carbocycles. The van der Waals surface area contributed by atoms with Gasteiger partial charge >= 0.3 is 0 Å². The summed E-state index contributed by atoms with van der Waals surface area (Å²) in [5.74, 6) is -0.275. The fraction of sp³-hybridized carbons (Fsp3) is 0.174. The van der Waals surface area contributed by atoms with Gasteiger partial charge in [0.1, 0.15) is 12.4 Å². The molecule has 0 fully saturated rings. The first-order chi connectivity index (χ1) is 14.9. The van der Waals surface area contributed by atoms with Crippen LogP contribution in [0.5, 0.6) is 0 Å². The van der Waals surface area contributed by atoms with Crippen LogP contribution in [0.2, 0.25) is 0 Å². The maximum Gasteiger partial charge on any atom is 0.264 e. The van der Waals surface area contributed by atoms with E-state index in [1.807, 2.05) is 31.2 Å². The van der Waals surface area contributed by atoms with Crippen LogP contribution in [0.4, 0.5) is 10.1 Å². The summed E-state index contributed by atoms with van der Waals surface area (Å²) in [6.45, 7) is 2.00. The lowest BCUT2D eigenvalue weighted by molar-refractivity contribution is -0.119. The quantitative estimate of drug-likeness (QED) is 0.385.